The fourth-order valence-corrected chi connectivity index (χ4v) is 4.46. The van der Waals surface area contributed by atoms with E-state index in [4.69, 9.17) is 4.42 Å². The first-order valence-corrected chi connectivity index (χ1v) is 9.67. The van der Waals surface area contributed by atoms with E-state index in [2.05, 4.69) is 38.8 Å². The largest absolute Gasteiger partial charge is 0.440 e. The van der Waals surface area contributed by atoms with Gasteiger partial charge in [-0.2, -0.15) is 0 Å². The van der Waals surface area contributed by atoms with Gasteiger partial charge >= 0.3 is 0 Å². The Labute approximate surface area is 155 Å². The monoisotopic (exact) mass is 352 g/mol. The number of para-hydroxylation sites is 2. The van der Waals surface area contributed by atoms with Crippen molar-refractivity contribution in [2.45, 2.75) is 46.5 Å². The molecule has 1 saturated carbocycles. The molecular formula is C22H28N2O2. The number of piperidine rings is 1. The molecule has 1 aromatic carbocycles. The minimum absolute atomic E-state index is 0.0684. The molecule has 4 nitrogen and oxygen atoms in total. The minimum atomic E-state index is 0.0684. The van der Waals surface area contributed by atoms with Gasteiger partial charge < -0.3 is 9.32 Å². The van der Waals surface area contributed by atoms with Crippen LogP contribution in [-0.4, -0.2) is 28.9 Å². The van der Waals surface area contributed by atoms with E-state index in [1.807, 2.05) is 29.2 Å². The lowest BCUT2D eigenvalue weighted by atomic mass is 9.97. The van der Waals surface area contributed by atoms with Crippen molar-refractivity contribution >= 4 is 17.0 Å². The first kappa shape index (κ1) is 17.3. The summed E-state index contributed by atoms with van der Waals surface area (Å²) in [5.74, 6) is 1.76. The fraction of sp³-hybridized carbons (Fsp3) is 0.545. The third-order valence-electron chi connectivity index (χ3n) is 6.08. The average molecular weight is 352 g/mol. The molecule has 2 heterocycles. The van der Waals surface area contributed by atoms with E-state index >= 15 is 0 Å². The maximum atomic E-state index is 13.2. The molecule has 1 aliphatic heterocycles. The summed E-state index contributed by atoms with van der Waals surface area (Å²) >= 11 is 0. The molecule has 1 aromatic heterocycles. The molecule has 138 valence electrons. The summed E-state index contributed by atoms with van der Waals surface area (Å²) in [7, 11) is 0. The molecule has 1 saturated heterocycles. The third kappa shape index (κ3) is 2.95. The second kappa shape index (κ2) is 6.26. The van der Waals surface area contributed by atoms with Crippen LogP contribution in [0.5, 0.6) is 0 Å². The zero-order valence-electron chi connectivity index (χ0n) is 16.2. The van der Waals surface area contributed by atoms with E-state index in [0.717, 1.165) is 42.9 Å². The SMILES string of the molecule is CC(C)=C[C@@H]1[C@@H](C(=O)N2CCC[C@@H](c3nc4ccccc4o3)C2)C1(C)C. The standard InChI is InChI=1S/C22H28N2O2/c1-14(2)12-16-19(22(16,3)4)21(25)24-11-7-8-15(13-24)20-23-17-9-5-6-10-18(17)26-20/h5-6,9-10,12,15-16,19H,7-8,11,13H2,1-4H3/t15-,16-,19+/m1/s1. The molecule has 26 heavy (non-hydrogen) atoms. The maximum absolute atomic E-state index is 13.2. The molecule has 0 N–H and O–H groups in total. The highest BCUT2D eigenvalue weighted by molar-refractivity contribution is 5.84. The summed E-state index contributed by atoms with van der Waals surface area (Å²) in [6.45, 7) is 10.2. The first-order valence-electron chi connectivity index (χ1n) is 9.67. The van der Waals surface area contributed by atoms with Crippen molar-refractivity contribution in [3.05, 3.63) is 41.8 Å². The summed E-state index contributed by atoms with van der Waals surface area (Å²) in [6.07, 6.45) is 4.31. The highest BCUT2D eigenvalue weighted by Gasteiger charge is 2.61. The minimum Gasteiger partial charge on any atom is -0.440 e. The van der Waals surface area contributed by atoms with Crippen molar-refractivity contribution in [2.75, 3.05) is 13.1 Å². The van der Waals surface area contributed by atoms with Crippen LogP contribution in [0.25, 0.3) is 11.1 Å². The normalized spacial score (nSPS) is 27.4. The summed E-state index contributed by atoms with van der Waals surface area (Å²) in [5, 5.41) is 0. The number of aromatic nitrogens is 1. The van der Waals surface area contributed by atoms with Gasteiger partial charge in [-0.3, -0.25) is 4.79 Å². The molecule has 1 aliphatic carbocycles. The quantitative estimate of drug-likeness (QED) is 0.747. The highest BCUT2D eigenvalue weighted by Crippen LogP contribution is 2.60. The zero-order valence-corrected chi connectivity index (χ0v) is 16.2. The van der Waals surface area contributed by atoms with Gasteiger partial charge in [-0.25, -0.2) is 4.98 Å². The van der Waals surface area contributed by atoms with Crippen LogP contribution in [0.3, 0.4) is 0 Å². The number of carbonyl (C=O) groups excluding carboxylic acids is 1. The number of benzene rings is 1. The zero-order chi connectivity index (χ0) is 18.5. The number of allylic oxidation sites excluding steroid dienone is 2. The van der Waals surface area contributed by atoms with Crippen molar-refractivity contribution in [1.29, 1.82) is 0 Å². The Morgan fingerprint density at radius 3 is 2.81 bits per heavy atom. The second-order valence-electron chi connectivity index (χ2n) is 8.71. The number of nitrogens with zero attached hydrogens (tertiary/aromatic N) is 2. The van der Waals surface area contributed by atoms with Crippen LogP contribution in [0.2, 0.25) is 0 Å². The Balaban J connectivity index is 1.50. The van der Waals surface area contributed by atoms with Gasteiger partial charge in [0.2, 0.25) is 5.91 Å². The predicted octanol–water partition coefficient (Wildman–Crippen LogP) is 4.77. The Kier molecular flexibility index (Phi) is 4.17. The Morgan fingerprint density at radius 2 is 2.08 bits per heavy atom. The van der Waals surface area contributed by atoms with Crippen LogP contribution in [0, 0.1) is 17.3 Å². The lowest BCUT2D eigenvalue weighted by Crippen LogP contribution is -2.40. The molecule has 0 radical (unpaired) electrons. The number of rotatable bonds is 3. The Morgan fingerprint density at radius 1 is 1.31 bits per heavy atom. The van der Waals surface area contributed by atoms with Gasteiger partial charge in [0.1, 0.15) is 5.52 Å². The smallest absolute Gasteiger partial charge is 0.226 e. The van der Waals surface area contributed by atoms with E-state index < -0.39 is 0 Å². The topological polar surface area (TPSA) is 46.3 Å². The van der Waals surface area contributed by atoms with E-state index in [-0.39, 0.29) is 17.3 Å². The number of likely N-dealkylation sites (tertiary alicyclic amines) is 1. The highest BCUT2D eigenvalue weighted by atomic mass is 16.3. The van der Waals surface area contributed by atoms with Gasteiger partial charge in [0.15, 0.2) is 11.5 Å². The predicted molar refractivity (Wildman–Crippen MR) is 103 cm³/mol. The number of oxazole rings is 1. The van der Waals surface area contributed by atoms with E-state index in [9.17, 15) is 4.79 Å². The number of amides is 1. The second-order valence-corrected chi connectivity index (χ2v) is 8.71. The molecule has 0 unspecified atom stereocenters. The lowest BCUT2D eigenvalue weighted by Gasteiger charge is -2.31. The Bertz CT molecular complexity index is 827. The molecule has 1 amide bonds. The number of fused-ring (bicyclic) bond motifs is 1. The van der Waals surface area contributed by atoms with Gasteiger partial charge in [0, 0.05) is 13.1 Å². The number of carbonyl (C=O) groups is 1. The molecule has 4 rings (SSSR count). The van der Waals surface area contributed by atoms with E-state index in [1.165, 1.54) is 5.57 Å². The average Bonchev–Trinajstić information content (AvgIpc) is 2.96. The van der Waals surface area contributed by atoms with Crippen LogP contribution < -0.4 is 0 Å². The van der Waals surface area contributed by atoms with E-state index in [1.54, 1.807) is 0 Å². The Hall–Kier alpha value is -2.10. The van der Waals surface area contributed by atoms with Gasteiger partial charge in [-0.15, -0.1) is 0 Å². The van der Waals surface area contributed by atoms with Gasteiger partial charge in [0.05, 0.1) is 11.8 Å². The lowest BCUT2D eigenvalue weighted by molar-refractivity contribution is -0.134. The molecule has 0 spiro atoms. The third-order valence-corrected chi connectivity index (χ3v) is 6.08. The summed E-state index contributed by atoms with van der Waals surface area (Å²) in [5.41, 5.74) is 3.09. The van der Waals surface area contributed by atoms with Gasteiger partial charge in [0.25, 0.3) is 0 Å². The summed E-state index contributed by atoms with van der Waals surface area (Å²) < 4.78 is 5.97. The summed E-state index contributed by atoms with van der Waals surface area (Å²) in [4.78, 5) is 19.9. The molecule has 3 atom stereocenters. The summed E-state index contributed by atoms with van der Waals surface area (Å²) in [6, 6.07) is 7.87. The fourth-order valence-electron chi connectivity index (χ4n) is 4.46. The number of hydrogen-bond acceptors (Lipinski definition) is 3. The van der Waals surface area contributed by atoms with Crippen LogP contribution in [0.15, 0.2) is 40.3 Å². The molecule has 4 heteroatoms. The van der Waals surface area contributed by atoms with Crippen LogP contribution in [-0.2, 0) is 4.79 Å². The van der Waals surface area contributed by atoms with E-state index in [0.29, 0.717) is 11.8 Å². The molecule has 2 aromatic rings. The van der Waals surface area contributed by atoms with Crippen molar-refractivity contribution in [2.24, 2.45) is 17.3 Å². The van der Waals surface area contributed by atoms with Gasteiger partial charge in [-0.1, -0.05) is 37.6 Å². The van der Waals surface area contributed by atoms with Crippen molar-refractivity contribution < 1.29 is 9.21 Å². The molecule has 2 fully saturated rings. The molecule has 2 aliphatic rings. The molecule has 0 bridgehead atoms. The van der Waals surface area contributed by atoms with Crippen LogP contribution >= 0.6 is 0 Å². The van der Waals surface area contributed by atoms with Crippen molar-refractivity contribution in [3.8, 4) is 0 Å². The van der Waals surface area contributed by atoms with Crippen LogP contribution in [0.1, 0.15) is 52.3 Å². The maximum Gasteiger partial charge on any atom is 0.226 e. The van der Waals surface area contributed by atoms with Crippen LogP contribution in [0.4, 0.5) is 0 Å². The first-order chi connectivity index (χ1) is 12.4. The molecular weight excluding hydrogens is 324 g/mol. The number of hydrogen-bond donors (Lipinski definition) is 0. The van der Waals surface area contributed by atoms with Crippen molar-refractivity contribution in [3.63, 3.8) is 0 Å². The van der Waals surface area contributed by atoms with Gasteiger partial charge in [-0.05, 0) is 50.2 Å². The van der Waals surface area contributed by atoms with Crippen molar-refractivity contribution in [1.82, 2.24) is 9.88 Å².